The average Bonchev–Trinajstić information content (AvgIpc) is 3.13. The molecule has 2 fully saturated rings. The molecule has 0 unspecified atom stereocenters. The van der Waals surface area contributed by atoms with Crippen molar-refractivity contribution < 1.29 is 59.2 Å². The van der Waals surface area contributed by atoms with E-state index in [1.54, 1.807) is 6.92 Å². The third-order valence-electron chi connectivity index (χ3n) is 6.88. The van der Waals surface area contributed by atoms with Crippen LogP contribution in [0.25, 0.3) is 0 Å². The molecule has 0 spiro atoms. The van der Waals surface area contributed by atoms with Gasteiger partial charge < -0.3 is 49.6 Å². The first-order chi connectivity index (χ1) is 16.6. The highest BCUT2D eigenvalue weighted by molar-refractivity contribution is 5.89. The van der Waals surface area contributed by atoms with Gasteiger partial charge in [-0.1, -0.05) is 6.92 Å². The van der Waals surface area contributed by atoms with Crippen LogP contribution in [0.3, 0.4) is 0 Å². The number of aliphatic hydroxyl groups excluding tert-OH is 4. The van der Waals surface area contributed by atoms with E-state index in [0.717, 1.165) is 6.26 Å². The summed E-state index contributed by atoms with van der Waals surface area (Å²) in [7, 11) is 0. The van der Waals surface area contributed by atoms with Crippen molar-refractivity contribution in [2.24, 2.45) is 17.8 Å². The Kier molecular flexibility index (Phi) is 7.31. The van der Waals surface area contributed by atoms with E-state index < -0.39 is 79.4 Å². The van der Waals surface area contributed by atoms with Crippen molar-refractivity contribution in [3.8, 4) is 5.75 Å². The molecule has 0 amide bonds. The Morgan fingerprint density at radius 1 is 1.03 bits per heavy atom. The summed E-state index contributed by atoms with van der Waals surface area (Å²) in [6.45, 7) is 1.24. The highest BCUT2D eigenvalue weighted by atomic mass is 16.8. The molecular formula is C23H28O12. The van der Waals surface area contributed by atoms with Gasteiger partial charge in [0, 0.05) is 11.8 Å². The molecule has 12 nitrogen and oxygen atoms in total. The maximum Gasteiger partial charge on any atom is 0.338 e. The lowest BCUT2D eigenvalue weighted by molar-refractivity contribution is -0.342. The fourth-order valence-electron chi connectivity index (χ4n) is 4.81. The number of hydrogen-bond donors (Lipinski definition) is 6. The number of hydrogen-bond acceptors (Lipinski definition) is 11. The Hall–Kier alpha value is -2.74. The van der Waals surface area contributed by atoms with Crippen LogP contribution >= 0.6 is 0 Å². The molecule has 1 saturated heterocycles. The molecule has 10 atom stereocenters. The predicted molar refractivity (Wildman–Crippen MR) is 114 cm³/mol. The number of carboxylic acid groups (broad SMARTS) is 1. The Balaban J connectivity index is 1.45. The zero-order valence-electron chi connectivity index (χ0n) is 18.7. The van der Waals surface area contributed by atoms with Gasteiger partial charge in [0.15, 0.2) is 6.29 Å². The van der Waals surface area contributed by atoms with Crippen LogP contribution in [0.15, 0.2) is 36.1 Å². The Bertz CT molecular complexity index is 962. The summed E-state index contributed by atoms with van der Waals surface area (Å²) < 4.78 is 22.0. The van der Waals surface area contributed by atoms with Crippen molar-refractivity contribution in [3.63, 3.8) is 0 Å². The Morgan fingerprint density at radius 2 is 1.71 bits per heavy atom. The van der Waals surface area contributed by atoms with Crippen LogP contribution in [0, 0.1) is 17.8 Å². The van der Waals surface area contributed by atoms with E-state index in [2.05, 4.69) is 0 Å². The van der Waals surface area contributed by atoms with Crippen LogP contribution < -0.4 is 0 Å². The second-order valence-electron chi connectivity index (χ2n) is 9.02. The molecule has 0 radical (unpaired) electrons. The number of phenols is 1. The molecule has 2 aliphatic heterocycles. The van der Waals surface area contributed by atoms with Crippen molar-refractivity contribution in [2.45, 2.75) is 56.4 Å². The van der Waals surface area contributed by atoms with Crippen molar-refractivity contribution in [3.05, 3.63) is 41.7 Å². The van der Waals surface area contributed by atoms with Crippen molar-refractivity contribution >= 4 is 11.9 Å². The molecule has 4 rings (SSSR count). The summed E-state index contributed by atoms with van der Waals surface area (Å²) in [6.07, 6.45) is -8.46. The third-order valence-corrected chi connectivity index (χ3v) is 6.88. The highest BCUT2D eigenvalue weighted by Crippen LogP contribution is 2.47. The number of ether oxygens (including phenoxy) is 4. The lowest BCUT2D eigenvalue weighted by Crippen LogP contribution is -2.60. The molecule has 192 valence electrons. The first-order valence-electron chi connectivity index (χ1n) is 11.2. The molecule has 35 heavy (non-hydrogen) atoms. The van der Waals surface area contributed by atoms with Crippen LogP contribution in [0.1, 0.15) is 23.7 Å². The Labute approximate surface area is 199 Å². The van der Waals surface area contributed by atoms with Gasteiger partial charge in [0.25, 0.3) is 0 Å². The summed E-state index contributed by atoms with van der Waals surface area (Å²) in [6, 6.07) is 5.28. The number of fused-ring (bicyclic) bond motifs is 1. The summed E-state index contributed by atoms with van der Waals surface area (Å²) in [5, 5.41) is 60.2. The van der Waals surface area contributed by atoms with Crippen LogP contribution in [0.4, 0.5) is 0 Å². The highest BCUT2D eigenvalue weighted by Gasteiger charge is 2.53. The van der Waals surface area contributed by atoms with Crippen LogP contribution in [-0.4, -0.2) is 92.3 Å². The van der Waals surface area contributed by atoms with E-state index in [1.165, 1.54) is 24.3 Å². The van der Waals surface area contributed by atoms with Gasteiger partial charge in [0.2, 0.25) is 6.29 Å². The summed E-state index contributed by atoms with van der Waals surface area (Å²) in [5.74, 6) is -3.51. The number of aromatic hydroxyl groups is 1. The molecule has 1 aromatic carbocycles. The van der Waals surface area contributed by atoms with Gasteiger partial charge >= 0.3 is 11.9 Å². The molecule has 2 heterocycles. The van der Waals surface area contributed by atoms with Crippen molar-refractivity contribution in [1.82, 2.24) is 0 Å². The number of aliphatic carboxylic acids is 1. The second kappa shape index (κ2) is 10.1. The minimum atomic E-state index is -1.71. The number of phenolic OH excluding ortho intramolecular Hbond substituents is 1. The van der Waals surface area contributed by atoms with Gasteiger partial charge in [-0.3, -0.25) is 0 Å². The van der Waals surface area contributed by atoms with Crippen molar-refractivity contribution in [1.29, 1.82) is 0 Å². The number of aliphatic hydroxyl groups is 4. The first-order valence-corrected chi connectivity index (χ1v) is 11.2. The quantitative estimate of drug-likeness (QED) is 0.273. The van der Waals surface area contributed by atoms with Gasteiger partial charge in [-0.25, -0.2) is 9.59 Å². The van der Waals surface area contributed by atoms with E-state index >= 15 is 0 Å². The SMILES string of the molecule is C[C@H]1[C@H]2[C@H](O[C@@H]3O[C@H](COC(=O)c4ccc(O)cc4)[C@@H](O)[C@H](O)[C@H]3O)OC=C(C(=O)O)[C@H]2C[C@@H]1O. The lowest BCUT2D eigenvalue weighted by atomic mass is 9.83. The average molecular weight is 496 g/mol. The zero-order valence-corrected chi connectivity index (χ0v) is 18.7. The number of rotatable bonds is 6. The number of carbonyl (C=O) groups is 2. The summed E-state index contributed by atoms with van der Waals surface area (Å²) in [5.41, 5.74) is 0.135. The molecule has 3 aliphatic rings. The minimum absolute atomic E-state index is 0.00200. The molecule has 0 bridgehead atoms. The first kappa shape index (κ1) is 25.4. The molecule has 1 saturated carbocycles. The van der Waals surface area contributed by atoms with Gasteiger partial charge in [0.05, 0.1) is 23.5 Å². The number of benzene rings is 1. The molecule has 12 heteroatoms. The Morgan fingerprint density at radius 3 is 2.37 bits per heavy atom. The third kappa shape index (κ3) is 4.99. The number of carboxylic acids is 1. The number of carbonyl (C=O) groups excluding carboxylic acids is 1. The molecular weight excluding hydrogens is 468 g/mol. The van der Waals surface area contributed by atoms with Crippen LogP contribution in [0.5, 0.6) is 5.75 Å². The van der Waals surface area contributed by atoms with E-state index in [1.807, 2.05) is 0 Å². The second-order valence-corrected chi connectivity index (χ2v) is 9.02. The van der Waals surface area contributed by atoms with Gasteiger partial charge in [-0.05, 0) is 36.6 Å². The predicted octanol–water partition coefficient (Wildman–Crippen LogP) is -0.669. The molecule has 1 aliphatic carbocycles. The van der Waals surface area contributed by atoms with Crippen LogP contribution in [-0.2, 0) is 23.7 Å². The van der Waals surface area contributed by atoms with Gasteiger partial charge in [-0.15, -0.1) is 0 Å². The maximum absolute atomic E-state index is 12.2. The van der Waals surface area contributed by atoms with E-state index in [0.29, 0.717) is 0 Å². The van der Waals surface area contributed by atoms with E-state index in [4.69, 9.17) is 18.9 Å². The van der Waals surface area contributed by atoms with E-state index in [9.17, 15) is 40.2 Å². The number of esters is 1. The topological polar surface area (TPSA) is 192 Å². The molecule has 6 N–H and O–H groups in total. The zero-order chi connectivity index (χ0) is 25.4. The fraction of sp³-hybridized carbons (Fsp3) is 0.565. The van der Waals surface area contributed by atoms with Gasteiger partial charge in [-0.2, -0.15) is 0 Å². The standard InChI is InChI=1S/C23H28O12/c1-9-14(25)6-12-13(20(29)30)7-33-22(16(9)12)35-23-19(28)18(27)17(26)15(34-23)8-32-21(31)10-2-4-11(24)5-3-10/h2-5,7,9,12,14-19,22-28H,6,8H2,1H3,(H,29,30)/t9-,12-,14+,15-,16-,17-,18+,19-,22+,23+/m1/s1. The fourth-order valence-corrected chi connectivity index (χ4v) is 4.81. The summed E-state index contributed by atoms with van der Waals surface area (Å²) >= 11 is 0. The largest absolute Gasteiger partial charge is 0.508 e. The van der Waals surface area contributed by atoms with E-state index in [-0.39, 0.29) is 23.3 Å². The monoisotopic (exact) mass is 496 g/mol. The normalized spacial score (nSPS) is 38.7. The smallest absolute Gasteiger partial charge is 0.338 e. The lowest BCUT2D eigenvalue weighted by Gasteiger charge is -2.43. The summed E-state index contributed by atoms with van der Waals surface area (Å²) in [4.78, 5) is 23.8. The molecule has 1 aromatic rings. The molecule has 0 aromatic heterocycles. The van der Waals surface area contributed by atoms with Crippen LogP contribution in [0.2, 0.25) is 0 Å². The van der Waals surface area contributed by atoms with Gasteiger partial charge in [0.1, 0.15) is 36.8 Å². The maximum atomic E-state index is 12.2. The minimum Gasteiger partial charge on any atom is -0.508 e. The van der Waals surface area contributed by atoms with Crippen molar-refractivity contribution in [2.75, 3.05) is 6.61 Å².